The van der Waals surface area contributed by atoms with Gasteiger partial charge in [0.1, 0.15) is 0 Å². The summed E-state index contributed by atoms with van der Waals surface area (Å²) in [6, 6.07) is 0. The molecule has 0 aliphatic heterocycles. The maximum absolute atomic E-state index is 4.81. The molecule has 1 N–H and O–H groups in total. The molecule has 5 heteroatoms. The van der Waals surface area contributed by atoms with Crippen LogP contribution in [0.1, 0.15) is 6.92 Å². The van der Waals surface area contributed by atoms with Crippen LogP contribution in [-0.2, 0) is 0 Å². The minimum atomic E-state index is 0.686. The van der Waals surface area contributed by atoms with Crippen molar-refractivity contribution in [1.29, 1.82) is 0 Å². The van der Waals surface area contributed by atoms with Crippen molar-refractivity contribution >= 4 is 35.5 Å². The molecule has 1 aromatic heterocycles. The first kappa shape index (κ1) is 7.24. The number of aromatic amines is 1. The summed E-state index contributed by atoms with van der Waals surface area (Å²) < 4.78 is 3.68. The number of hydrogen-bond acceptors (Lipinski definition) is 4. The van der Waals surface area contributed by atoms with Crippen molar-refractivity contribution in [1.82, 2.24) is 9.36 Å². The van der Waals surface area contributed by atoms with Gasteiger partial charge in [0.25, 0.3) is 0 Å². The Bertz CT molecular complexity index is 226. The van der Waals surface area contributed by atoms with Crippen molar-refractivity contribution in [2.75, 3.05) is 5.75 Å². The Kier molecular flexibility index (Phi) is 2.68. The van der Waals surface area contributed by atoms with E-state index in [9.17, 15) is 0 Å². The number of aromatic nitrogens is 2. The fraction of sp³-hybridized carbons (Fsp3) is 0.500. The van der Waals surface area contributed by atoms with Crippen LogP contribution in [0.25, 0.3) is 0 Å². The lowest BCUT2D eigenvalue weighted by atomic mass is 11.0. The first-order chi connectivity index (χ1) is 4.33. The van der Waals surface area contributed by atoms with E-state index in [1.54, 1.807) is 11.8 Å². The van der Waals surface area contributed by atoms with Gasteiger partial charge in [-0.2, -0.15) is 0 Å². The SMILES string of the molecule is CCSc1nc(=S)s[nH]1. The minimum Gasteiger partial charge on any atom is -0.287 e. The van der Waals surface area contributed by atoms with Crippen LogP contribution in [0.3, 0.4) is 0 Å². The fourth-order valence-corrected chi connectivity index (χ4v) is 1.89. The normalized spacial score (nSPS) is 9.89. The number of H-pyrrole nitrogens is 1. The molecule has 0 aromatic carbocycles. The van der Waals surface area contributed by atoms with E-state index in [1.165, 1.54) is 11.5 Å². The maximum Gasteiger partial charge on any atom is 0.198 e. The van der Waals surface area contributed by atoms with E-state index in [-0.39, 0.29) is 0 Å². The van der Waals surface area contributed by atoms with Crippen LogP contribution in [0, 0.1) is 3.95 Å². The Hall–Kier alpha value is 0.130. The second-order valence-electron chi connectivity index (χ2n) is 1.32. The van der Waals surface area contributed by atoms with Crippen LogP contribution in [0.5, 0.6) is 0 Å². The molecular weight excluding hydrogens is 172 g/mol. The number of hydrogen-bond donors (Lipinski definition) is 1. The van der Waals surface area contributed by atoms with Gasteiger partial charge in [-0.15, -0.1) is 0 Å². The molecule has 0 atom stereocenters. The van der Waals surface area contributed by atoms with Crippen molar-refractivity contribution in [3.8, 4) is 0 Å². The Morgan fingerprint density at radius 2 is 2.67 bits per heavy atom. The zero-order valence-electron chi connectivity index (χ0n) is 4.88. The van der Waals surface area contributed by atoms with E-state index in [0.29, 0.717) is 3.95 Å². The topological polar surface area (TPSA) is 28.7 Å². The van der Waals surface area contributed by atoms with Gasteiger partial charge in [0.2, 0.25) is 0 Å². The summed E-state index contributed by atoms with van der Waals surface area (Å²) in [4.78, 5) is 4.04. The van der Waals surface area contributed by atoms with Crippen molar-refractivity contribution in [2.24, 2.45) is 0 Å². The molecule has 0 aliphatic carbocycles. The van der Waals surface area contributed by atoms with Gasteiger partial charge in [0.15, 0.2) is 9.11 Å². The third-order valence-electron chi connectivity index (χ3n) is 0.700. The van der Waals surface area contributed by atoms with Gasteiger partial charge < -0.3 is 0 Å². The smallest absolute Gasteiger partial charge is 0.198 e. The van der Waals surface area contributed by atoms with Gasteiger partial charge in [-0.25, -0.2) is 4.98 Å². The summed E-state index contributed by atoms with van der Waals surface area (Å²) in [5.41, 5.74) is 0. The molecule has 1 heterocycles. The fourth-order valence-electron chi connectivity index (χ4n) is 0.414. The summed E-state index contributed by atoms with van der Waals surface area (Å²) in [6.45, 7) is 2.08. The third-order valence-corrected chi connectivity index (χ3v) is 2.49. The molecule has 0 bridgehead atoms. The monoisotopic (exact) mass is 178 g/mol. The average molecular weight is 178 g/mol. The predicted molar refractivity (Wildman–Crippen MR) is 43.7 cm³/mol. The molecule has 1 rings (SSSR count). The summed E-state index contributed by atoms with van der Waals surface area (Å²) in [5, 5.41) is 0.938. The van der Waals surface area contributed by atoms with E-state index in [4.69, 9.17) is 12.2 Å². The summed E-state index contributed by atoms with van der Waals surface area (Å²) in [6.07, 6.45) is 0. The molecular formula is C4H6N2S3. The van der Waals surface area contributed by atoms with Crippen molar-refractivity contribution in [2.45, 2.75) is 12.1 Å². The molecule has 0 amide bonds. The zero-order valence-corrected chi connectivity index (χ0v) is 7.33. The molecule has 1 aromatic rings. The largest absolute Gasteiger partial charge is 0.287 e. The zero-order chi connectivity index (χ0) is 6.69. The Morgan fingerprint density at radius 1 is 1.89 bits per heavy atom. The van der Waals surface area contributed by atoms with Gasteiger partial charge in [-0.3, -0.25) is 4.37 Å². The molecule has 50 valence electrons. The third kappa shape index (κ3) is 2.08. The molecule has 0 saturated carbocycles. The minimum absolute atomic E-state index is 0.686. The quantitative estimate of drug-likeness (QED) is 0.556. The van der Waals surface area contributed by atoms with E-state index >= 15 is 0 Å². The van der Waals surface area contributed by atoms with Gasteiger partial charge in [-0.05, 0) is 29.5 Å². The molecule has 0 unspecified atom stereocenters. The van der Waals surface area contributed by atoms with Crippen molar-refractivity contribution < 1.29 is 0 Å². The Morgan fingerprint density at radius 3 is 3.11 bits per heavy atom. The Labute approximate surface area is 66.9 Å². The second kappa shape index (κ2) is 3.34. The molecule has 0 aliphatic rings. The van der Waals surface area contributed by atoms with Crippen LogP contribution in [-0.4, -0.2) is 15.1 Å². The molecule has 0 radical (unpaired) electrons. The molecule has 0 fully saturated rings. The van der Waals surface area contributed by atoms with Crippen LogP contribution < -0.4 is 0 Å². The molecule has 0 spiro atoms. The van der Waals surface area contributed by atoms with E-state index in [1.807, 2.05) is 0 Å². The van der Waals surface area contributed by atoms with Crippen LogP contribution in [0.15, 0.2) is 5.16 Å². The summed E-state index contributed by atoms with van der Waals surface area (Å²) in [7, 11) is 0. The summed E-state index contributed by atoms with van der Waals surface area (Å²) in [5.74, 6) is 1.04. The first-order valence-electron chi connectivity index (χ1n) is 2.51. The number of thioether (sulfide) groups is 1. The number of rotatable bonds is 2. The number of nitrogens with zero attached hydrogens (tertiary/aromatic N) is 1. The Balaban J connectivity index is 2.73. The highest BCUT2D eigenvalue weighted by Crippen LogP contribution is 2.12. The lowest BCUT2D eigenvalue weighted by Gasteiger charge is -1.84. The highest BCUT2D eigenvalue weighted by Gasteiger charge is 1.92. The van der Waals surface area contributed by atoms with E-state index in [0.717, 1.165) is 10.9 Å². The van der Waals surface area contributed by atoms with Crippen LogP contribution in [0.4, 0.5) is 0 Å². The second-order valence-corrected chi connectivity index (χ2v) is 4.01. The van der Waals surface area contributed by atoms with Crippen LogP contribution in [0.2, 0.25) is 0 Å². The average Bonchev–Trinajstić information content (AvgIpc) is 2.17. The van der Waals surface area contributed by atoms with Gasteiger partial charge >= 0.3 is 0 Å². The van der Waals surface area contributed by atoms with Gasteiger partial charge in [-0.1, -0.05) is 18.7 Å². The summed E-state index contributed by atoms with van der Waals surface area (Å²) >= 11 is 7.89. The van der Waals surface area contributed by atoms with Gasteiger partial charge in [0, 0.05) is 0 Å². The predicted octanol–water partition coefficient (Wildman–Crippen LogP) is 2.31. The van der Waals surface area contributed by atoms with E-state index < -0.39 is 0 Å². The van der Waals surface area contributed by atoms with Crippen molar-refractivity contribution in [3.05, 3.63) is 3.95 Å². The lowest BCUT2D eigenvalue weighted by Crippen LogP contribution is -1.72. The molecule has 0 saturated heterocycles. The van der Waals surface area contributed by atoms with Crippen LogP contribution >= 0.6 is 35.5 Å². The number of nitrogens with one attached hydrogen (secondary N) is 1. The molecule has 2 nitrogen and oxygen atoms in total. The first-order valence-corrected chi connectivity index (χ1v) is 4.72. The van der Waals surface area contributed by atoms with Crippen molar-refractivity contribution in [3.63, 3.8) is 0 Å². The highest BCUT2D eigenvalue weighted by molar-refractivity contribution is 7.99. The lowest BCUT2D eigenvalue weighted by molar-refractivity contribution is 1.07. The van der Waals surface area contributed by atoms with E-state index in [2.05, 4.69) is 16.3 Å². The highest BCUT2D eigenvalue weighted by atomic mass is 32.2. The van der Waals surface area contributed by atoms with Gasteiger partial charge in [0.05, 0.1) is 0 Å². The standard InChI is InChI=1S/C4H6N2S3/c1-2-8-3-5-4(7)9-6-3/h2H2,1H3,(H,5,6,7). The molecule has 9 heavy (non-hydrogen) atoms. The maximum atomic E-state index is 4.81.